The average molecular weight is 387 g/mol. The van der Waals surface area contributed by atoms with Crippen molar-refractivity contribution in [1.29, 1.82) is 0 Å². The van der Waals surface area contributed by atoms with Crippen LogP contribution in [-0.2, 0) is 16.0 Å². The van der Waals surface area contributed by atoms with E-state index in [1.54, 1.807) is 0 Å². The van der Waals surface area contributed by atoms with Gasteiger partial charge in [0.25, 0.3) is 0 Å². The highest BCUT2D eigenvalue weighted by Gasteiger charge is 2.00. The van der Waals surface area contributed by atoms with Crippen LogP contribution in [0.2, 0.25) is 0 Å². The fourth-order valence-corrected chi connectivity index (χ4v) is 2.85. The first-order valence-corrected chi connectivity index (χ1v) is 9.70. The fourth-order valence-electron chi connectivity index (χ4n) is 2.85. The van der Waals surface area contributed by atoms with Gasteiger partial charge in [0.05, 0.1) is 18.0 Å². The number of carbonyl (C=O) groups is 1. The van der Waals surface area contributed by atoms with Gasteiger partial charge in [-0.1, -0.05) is 36.4 Å². The molecule has 0 aromatic heterocycles. The zero-order valence-electron chi connectivity index (χ0n) is 16.8. The number of nitrogens with zero attached hydrogens (tertiary/aromatic N) is 2. The molecule has 148 valence electrons. The molecule has 0 aliphatic rings. The zero-order valence-corrected chi connectivity index (χ0v) is 16.8. The van der Waals surface area contributed by atoms with E-state index in [-0.39, 0.29) is 5.91 Å². The molecular weight excluding hydrogens is 362 g/mol. The summed E-state index contributed by atoms with van der Waals surface area (Å²) in [6.07, 6.45) is 0.901. The molecule has 5 nitrogen and oxygen atoms in total. The molecule has 1 amide bonds. The minimum absolute atomic E-state index is 0.0763. The minimum atomic E-state index is -0.0763. The molecule has 3 aromatic carbocycles. The number of hydrogen-bond donors (Lipinski definition) is 1. The number of nitrogens with one attached hydrogen (secondary N) is 1. The Hall–Kier alpha value is -3.31. The molecule has 0 aliphatic heterocycles. The molecule has 29 heavy (non-hydrogen) atoms. The van der Waals surface area contributed by atoms with Crippen LogP contribution in [0.15, 0.2) is 83.0 Å². The molecule has 0 saturated heterocycles. The van der Waals surface area contributed by atoms with Crippen molar-refractivity contribution in [3.8, 4) is 11.1 Å². The van der Waals surface area contributed by atoms with Crippen molar-refractivity contribution in [2.24, 2.45) is 10.2 Å². The topological polar surface area (TPSA) is 63.1 Å². The van der Waals surface area contributed by atoms with Crippen LogP contribution < -0.4 is 5.32 Å². The van der Waals surface area contributed by atoms with E-state index < -0.39 is 0 Å². The van der Waals surface area contributed by atoms with Gasteiger partial charge in [0.2, 0.25) is 5.91 Å². The highest BCUT2D eigenvalue weighted by atomic mass is 16.5. The van der Waals surface area contributed by atoms with Crippen LogP contribution in [0.3, 0.4) is 0 Å². The summed E-state index contributed by atoms with van der Waals surface area (Å²) in [5, 5.41) is 11.4. The monoisotopic (exact) mass is 387 g/mol. The number of benzene rings is 3. The number of hydrogen-bond acceptors (Lipinski definition) is 4. The van der Waals surface area contributed by atoms with E-state index in [1.807, 2.05) is 67.6 Å². The molecule has 3 rings (SSSR count). The molecule has 0 unspecified atom stereocenters. The summed E-state index contributed by atoms with van der Waals surface area (Å²) in [5.41, 5.74) is 5.79. The Balaban J connectivity index is 1.60. The molecule has 0 saturated carbocycles. The van der Waals surface area contributed by atoms with E-state index in [1.165, 1.54) is 12.5 Å². The van der Waals surface area contributed by atoms with E-state index in [0.29, 0.717) is 0 Å². The number of rotatable bonds is 8. The van der Waals surface area contributed by atoms with Crippen molar-refractivity contribution in [3.05, 3.63) is 78.4 Å². The third-order valence-corrected chi connectivity index (χ3v) is 4.36. The summed E-state index contributed by atoms with van der Waals surface area (Å²) in [4.78, 5) is 11.1. The van der Waals surface area contributed by atoms with Gasteiger partial charge in [-0.05, 0) is 66.4 Å². The third kappa shape index (κ3) is 6.36. The summed E-state index contributed by atoms with van der Waals surface area (Å²) in [7, 11) is 0. The summed E-state index contributed by atoms with van der Waals surface area (Å²) in [5.74, 6) is -0.0763. The van der Waals surface area contributed by atoms with Crippen LogP contribution in [0.4, 0.5) is 17.1 Å². The molecule has 0 bridgehead atoms. The largest absolute Gasteiger partial charge is 0.381 e. The maximum atomic E-state index is 11.1. The van der Waals surface area contributed by atoms with Gasteiger partial charge < -0.3 is 10.1 Å². The van der Waals surface area contributed by atoms with Crippen LogP contribution >= 0.6 is 0 Å². The normalized spacial score (nSPS) is 11.0. The fraction of sp³-hybridized carbons (Fsp3) is 0.208. The van der Waals surface area contributed by atoms with E-state index in [9.17, 15) is 4.79 Å². The molecule has 0 radical (unpaired) electrons. The first kappa shape index (κ1) is 20.4. The second-order valence-corrected chi connectivity index (χ2v) is 6.62. The lowest BCUT2D eigenvalue weighted by molar-refractivity contribution is -0.114. The van der Waals surface area contributed by atoms with Crippen molar-refractivity contribution in [1.82, 2.24) is 0 Å². The Morgan fingerprint density at radius 2 is 1.34 bits per heavy atom. The van der Waals surface area contributed by atoms with E-state index in [0.717, 1.165) is 47.8 Å². The molecule has 0 heterocycles. The zero-order chi connectivity index (χ0) is 20.5. The lowest BCUT2D eigenvalue weighted by Gasteiger charge is -2.05. The van der Waals surface area contributed by atoms with Crippen molar-refractivity contribution < 1.29 is 9.53 Å². The predicted molar refractivity (Wildman–Crippen MR) is 117 cm³/mol. The summed E-state index contributed by atoms with van der Waals surface area (Å²) >= 11 is 0. The summed E-state index contributed by atoms with van der Waals surface area (Å²) in [6.45, 7) is 4.98. The molecule has 5 heteroatoms. The van der Waals surface area contributed by atoms with Crippen LogP contribution in [0.25, 0.3) is 11.1 Å². The molecule has 0 fully saturated rings. The molecule has 1 N–H and O–H groups in total. The maximum Gasteiger partial charge on any atom is 0.221 e. The lowest BCUT2D eigenvalue weighted by Crippen LogP contribution is -2.05. The van der Waals surface area contributed by atoms with Crippen LogP contribution in [0.5, 0.6) is 0 Å². The van der Waals surface area contributed by atoms with Crippen LogP contribution in [0.1, 0.15) is 19.4 Å². The quantitative estimate of drug-likeness (QED) is 0.364. The van der Waals surface area contributed by atoms with Gasteiger partial charge in [0.15, 0.2) is 0 Å². The Labute approximate surface area is 171 Å². The third-order valence-electron chi connectivity index (χ3n) is 4.36. The highest BCUT2D eigenvalue weighted by Crippen LogP contribution is 2.25. The van der Waals surface area contributed by atoms with Gasteiger partial charge in [0, 0.05) is 19.2 Å². The van der Waals surface area contributed by atoms with Crippen LogP contribution in [0, 0.1) is 0 Å². The predicted octanol–water partition coefficient (Wildman–Crippen LogP) is 6.31. The van der Waals surface area contributed by atoms with Crippen molar-refractivity contribution >= 4 is 23.0 Å². The van der Waals surface area contributed by atoms with Gasteiger partial charge in [0.1, 0.15) is 0 Å². The Morgan fingerprint density at radius 1 is 0.828 bits per heavy atom. The lowest BCUT2D eigenvalue weighted by atomic mass is 10.1. The Morgan fingerprint density at radius 3 is 1.86 bits per heavy atom. The molecular formula is C24H25N3O2. The maximum absolute atomic E-state index is 11.1. The number of anilines is 1. The first-order valence-electron chi connectivity index (χ1n) is 9.70. The molecule has 3 aromatic rings. The second kappa shape index (κ2) is 10.3. The van der Waals surface area contributed by atoms with Gasteiger partial charge >= 0.3 is 0 Å². The number of ether oxygens (including phenoxy) is 1. The van der Waals surface area contributed by atoms with Gasteiger partial charge in [-0.25, -0.2) is 0 Å². The number of azo groups is 1. The van der Waals surface area contributed by atoms with E-state index in [4.69, 9.17) is 4.74 Å². The van der Waals surface area contributed by atoms with Gasteiger partial charge in [-0.15, -0.1) is 0 Å². The standard InChI is InChI=1S/C24H25N3O2/c1-3-29-17-16-19-4-10-23(11-5-19)26-27-24-14-8-21(9-15-24)20-6-12-22(13-7-20)25-18(2)28/h4-15H,3,16-17H2,1-2H3,(H,25,28). The van der Waals surface area contributed by atoms with Crippen molar-refractivity contribution in [2.45, 2.75) is 20.3 Å². The molecule has 0 spiro atoms. The smallest absolute Gasteiger partial charge is 0.221 e. The van der Waals surface area contributed by atoms with Gasteiger partial charge in [-0.3, -0.25) is 4.79 Å². The van der Waals surface area contributed by atoms with Crippen molar-refractivity contribution in [2.75, 3.05) is 18.5 Å². The summed E-state index contributed by atoms with van der Waals surface area (Å²) in [6, 6.07) is 23.7. The second-order valence-electron chi connectivity index (χ2n) is 6.62. The molecule has 0 aliphatic carbocycles. The average Bonchev–Trinajstić information content (AvgIpc) is 2.74. The summed E-state index contributed by atoms with van der Waals surface area (Å²) < 4.78 is 5.38. The first-order chi connectivity index (χ1) is 14.1. The Bertz CT molecular complexity index is 947. The number of carbonyl (C=O) groups excluding carboxylic acids is 1. The van der Waals surface area contributed by atoms with Crippen LogP contribution in [-0.4, -0.2) is 19.1 Å². The minimum Gasteiger partial charge on any atom is -0.381 e. The number of amides is 1. The van der Waals surface area contributed by atoms with E-state index >= 15 is 0 Å². The molecule has 0 atom stereocenters. The highest BCUT2D eigenvalue weighted by molar-refractivity contribution is 5.89. The Kier molecular flexibility index (Phi) is 7.25. The van der Waals surface area contributed by atoms with Gasteiger partial charge in [-0.2, -0.15) is 10.2 Å². The SMILES string of the molecule is CCOCCc1ccc(N=Nc2ccc(-c3ccc(NC(C)=O)cc3)cc2)cc1. The van der Waals surface area contributed by atoms with Crippen molar-refractivity contribution in [3.63, 3.8) is 0 Å². The van der Waals surface area contributed by atoms with E-state index in [2.05, 4.69) is 27.7 Å².